The van der Waals surface area contributed by atoms with Gasteiger partial charge in [0.15, 0.2) is 17.6 Å². The molecule has 2 aromatic rings. The van der Waals surface area contributed by atoms with E-state index in [-0.39, 0.29) is 41.3 Å². The third-order valence-corrected chi connectivity index (χ3v) is 5.37. The Hall–Kier alpha value is -1.49. The number of anilines is 1. The largest absolute Gasteiger partial charge is 0.352 e. The van der Waals surface area contributed by atoms with Crippen molar-refractivity contribution in [1.29, 1.82) is 0 Å². The molecule has 1 fully saturated rings. The first kappa shape index (κ1) is 22.8. The van der Waals surface area contributed by atoms with Gasteiger partial charge in [0.2, 0.25) is 0 Å². The van der Waals surface area contributed by atoms with Crippen LogP contribution in [-0.4, -0.2) is 42.1 Å². The number of aromatic nitrogens is 2. The molecule has 0 saturated carbocycles. The number of nitrogens with zero attached hydrogens (tertiary/aromatic N) is 4. The number of nitrogens with one attached hydrogen (secondary N) is 2. The SMILES string of the molecule is CN=C(NCc1nc(C(C)(C)C)cs1)NC1CCN(c2ncccc2F)C1.I. The molecule has 3 heterocycles. The maximum Gasteiger partial charge on any atom is 0.191 e. The molecule has 3 rings (SSSR count). The van der Waals surface area contributed by atoms with E-state index in [0.29, 0.717) is 18.9 Å². The summed E-state index contributed by atoms with van der Waals surface area (Å²) in [4.78, 5) is 15.1. The van der Waals surface area contributed by atoms with Crippen LogP contribution in [0.5, 0.6) is 0 Å². The summed E-state index contributed by atoms with van der Waals surface area (Å²) in [5.74, 6) is 0.872. The molecule has 1 atom stereocenters. The molecule has 6 nitrogen and oxygen atoms in total. The highest BCUT2D eigenvalue weighted by atomic mass is 127. The maximum absolute atomic E-state index is 13.9. The lowest BCUT2D eigenvalue weighted by molar-refractivity contribution is 0.570. The van der Waals surface area contributed by atoms with Crippen molar-refractivity contribution >= 4 is 47.1 Å². The molecule has 1 aliphatic heterocycles. The first-order valence-electron chi connectivity index (χ1n) is 9.14. The Labute approximate surface area is 187 Å². The fourth-order valence-electron chi connectivity index (χ4n) is 2.96. The number of aliphatic imine (C=N–C) groups is 1. The zero-order valence-electron chi connectivity index (χ0n) is 16.7. The highest BCUT2D eigenvalue weighted by molar-refractivity contribution is 14.0. The highest BCUT2D eigenvalue weighted by Gasteiger charge is 2.26. The minimum Gasteiger partial charge on any atom is -0.352 e. The van der Waals surface area contributed by atoms with Crippen LogP contribution in [-0.2, 0) is 12.0 Å². The molecule has 28 heavy (non-hydrogen) atoms. The summed E-state index contributed by atoms with van der Waals surface area (Å²) in [5, 5.41) is 9.89. The molecule has 0 aliphatic carbocycles. The van der Waals surface area contributed by atoms with E-state index in [2.05, 4.69) is 46.8 Å². The molecule has 0 amide bonds. The van der Waals surface area contributed by atoms with Crippen LogP contribution in [0.15, 0.2) is 28.7 Å². The van der Waals surface area contributed by atoms with Gasteiger partial charge in [-0.05, 0) is 18.6 Å². The average molecular weight is 518 g/mol. The summed E-state index contributed by atoms with van der Waals surface area (Å²) in [6.45, 7) is 8.58. The lowest BCUT2D eigenvalue weighted by Crippen LogP contribution is -2.44. The second-order valence-corrected chi connectivity index (χ2v) is 8.63. The molecule has 0 radical (unpaired) electrons. The first-order valence-corrected chi connectivity index (χ1v) is 10.0. The van der Waals surface area contributed by atoms with Crippen molar-refractivity contribution in [2.24, 2.45) is 4.99 Å². The number of hydrogen-bond acceptors (Lipinski definition) is 5. The second-order valence-electron chi connectivity index (χ2n) is 7.69. The van der Waals surface area contributed by atoms with E-state index in [0.717, 1.165) is 29.6 Å². The number of thiazole rings is 1. The number of hydrogen-bond donors (Lipinski definition) is 2. The van der Waals surface area contributed by atoms with Gasteiger partial charge in [0.05, 0.1) is 12.2 Å². The molecule has 0 aromatic carbocycles. The molecule has 1 saturated heterocycles. The number of guanidine groups is 1. The summed E-state index contributed by atoms with van der Waals surface area (Å²) < 4.78 is 13.9. The third-order valence-electron chi connectivity index (χ3n) is 4.52. The van der Waals surface area contributed by atoms with Gasteiger partial charge in [0, 0.05) is 43.2 Å². The Kier molecular flexibility index (Phi) is 7.99. The smallest absolute Gasteiger partial charge is 0.191 e. The van der Waals surface area contributed by atoms with Gasteiger partial charge in [0.1, 0.15) is 5.01 Å². The van der Waals surface area contributed by atoms with Gasteiger partial charge in [-0.15, -0.1) is 35.3 Å². The van der Waals surface area contributed by atoms with Crippen LogP contribution in [0.25, 0.3) is 0 Å². The minimum absolute atomic E-state index is 0. The van der Waals surface area contributed by atoms with Gasteiger partial charge in [-0.1, -0.05) is 20.8 Å². The van der Waals surface area contributed by atoms with Gasteiger partial charge in [-0.25, -0.2) is 14.4 Å². The van der Waals surface area contributed by atoms with E-state index < -0.39 is 0 Å². The molecule has 1 unspecified atom stereocenters. The maximum atomic E-state index is 13.9. The number of rotatable bonds is 4. The van der Waals surface area contributed by atoms with Crippen molar-refractivity contribution in [2.45, 2.75) is 45.2 Å². The summed E-state index contributed by atoms with van der Waals surface area (Å²) in [5.41, 5.74) is 1.17. The molecule has 0 bridgehead atoms. The minimum atomic E-state index is -0.279. The van der Waals surface area contributed by atoms with Crippen LogP contribution in [0.2, 0.25) is 0 Å². The van der Waals surface area contributed by atoms with Crippen LogP contribution >= 0.6 is 35.3 Å². The Bertz CT molecular complexity index is 804. The quantitative estimate of drug-likeness (QED) is 0.369. The number of pyridine rings is 1. The fourth-order valence-corrected chi connectivity index (χ4v) is 3.92. The third kappa shape index (κ3) is 5.76. The van der Waals surface area contributed by atoms with Crippen molar-refractivity contribution in [1.82, 2.24) is 20.6 Å². The zero-order chi connectivity index (χ0) is 19.4. The van der Waals surface area contributed by atoms with Gasteiger partial charge in [-0.3, -0.25) is 4.99 Å². The molecule has 2 N–H and O–H groups in total. The highest BCUT2D eigenvalue weighted by Crippen LogP contribution is 2.24. The molecule has 0 spiro atoms. The molecule has 9 heteroatoms. The molecular weight excluding hydrogens is 490 g/mol. The predicted octanol–water partition coefficient (Wildman–Crippen LogP) is 3.54. The lowest BCUT2D eigenvalue weighted by atomic mass is 9.93. The summed E-state index contributed by atoms with van der Waals surface area (Å²) >= 11 is 1.66. The molecule has 2 aromatic heterocycles. The van der Waals surface area contributed by atoms with Gasteiger partial charge in [0.25, 0.3) is 0 Å². The predicted molar refractivity (Wildman–Crippen MR) is 124 cm³/mol. The topological polar surface area (TPSA) is 65.4 Å². The van der Waals surface area contributed by atoms with E-state index in [9.17, 15) is 4.39 Å². The van der Waals surface area contributed by atoms with Gasteiger partial charge in [-0.2, -0.15) is 0 Å². The van der Waals surface area contributed by atoms with Crippen molar-refractivity contribution < 1.29 is 4.39 Å². The lowest BCUT2D eigenvalue weighted by Gasteiger charge is -2.19. The Balaban J connectivity index is 0.00000280. The van der Waals surface area contributed by atoms with E-state index in [4.69, 9.17) is 4.98 Å². The Morgan fingerprint density at radius 2 is 2.21 bits per heavy atom. The van der Waals surface area contributed by atoms with Crippen molar-refractivity contribution in [3.05, 3.63) is 40.2 Å². The van der Waals surface area contributed by atoms with Crippen LogP contribution in [0.3, 0.4) is 0 Å². The summed E-state index contributed by atoms with van der Waals surface area (Å²) in [6, 6.07) is 3.25. The first-order chi connectivity index (χ1) is 12.9. The monoisotopic (exact) mass is 518 g/mol. The van der Waals surface area contributed by atoms with E-state index in [1.807, 2.05) is 4.90 Å². The Morgan fingerprint density at radius 1 is 1.43 bits per heavy atom. The van der Waals surface area contributed by atoms with Crippen LogP contribution in [0.4, 0.5) is 10.2 Å². The second kappa shape index (κ2) is 9.82. The molecular formula is C19H28FIN6S. The van der Waals surface area contributed by atoms with E-state index in [1.165, 1.54) is 6.07 Å². The van der Waals surface area contributed by atoms with Crippen LogP contribution in [0.1, 0.15) is 37.9 Å². The summed E-state index contributed by atoms with van der Waals surface area (Å²) in [6.07, 6.45) is 2.53. The van der Waals surface area contributed by atoms with Crippen LogP contribution in [0, 0.1) is 5.82 Å². The number of halogens is 2. The zero-order valence-corrected chi connectivity index (χ0v) is 19.8. The Morgan fingerprint density at radius 3 is 2.86 bits per heavy atom. The average Bonchev–Trinajstić information content (AvgIpc) is 3.28. The van der Waals surface area contributed by atoms with Gasteiger partial charge < -0.3 is 15.5 Å². The van der Waals surface area contributed by atoms with E-state index in [1.54, 1.807) is 30.6 Å². The molecule has 154 valence electrons. The molecule has 1 aliphatic rings. The van der Waals surface area contributed by atoms with E-state index >= 15 is 0 Å². The fraction of sp³-hybridized carbons (Fsp3) is 0.526. The van der Waals surface area contributed by atoms with Crippen molar-refractivity contribution in [3.63, 3.8) is 0 Å². The standard InChI is InChI=1S/C19H27FN6S.HI/c1-19(2,3)15-12-27-16(25-15)10-23-18(21-4)24-13-7-9-26(11-13)17-14(20)6-5-8-22-17;/h5-6,8,12-13H,7,9-11H2,1-4H3,(H2,21,23,24);1H. The van der Waals surface area contributed by atoms with Crippen molar-refractivity contribution in [3.8, 4) is 0 Å². The summed E-state index contributed by atoms with van der Waals surface area (Å²) in [7, 11) is 1.75. The normalized spacial score (nSPS) is 17.4. The van der Waals surface area contributed by atoms with Crippen LogP contribution < -0.4 is 15.5 Å². The van der Waals surface area contributed by atoms with Gasteiger partial charge >= 0.3 is 0 Å². The van der Waals surface area contributed by atoms with Crippen molar-refractivity contribution in [2.75, 3.05) is 25.0 Å².